The second-order valence-corrected chi connectivity index (χ2v) is 8.09. The molecule has 0 aliphatic heterocycles. The predicted octanol–water partition coefficient (Wildman–Crippen LogP) is 2.42. The molecule has 1 aromatic heterocycles. The van der Waals surface area contributed by atoms with Crippen molar-refractivity contribution in [2.75, 3.05) is 7.11 Å². The van der Waals surface area contributed by atoms with E-state index in [-0.39, 0.29) is 11.4 Å². The van der Waals surface area contributed by atoms with Crippen molar-refractivity contribution in [2.45, 2.75) is 30.3 Å². The molecule has 0 spiro atoms. The molecule has 0 unspecified atom stereocenters. The maximum atomic E-state index is 13.7. The van der Waals surface area contributed by atoms with Gasteiger partial charge in [-0.25, -0.2) is 18.3 Å². The molecular weight excluding hydrogens is 401 g/mol. The number of rotatable bonds is 10. The lowest BCUT2D eigenvalue weighted by Crippen LogP contribution is -2.42. The first-order valence-corrected chi connectivity index (χ1v) is 10.0. The van der Waals surface area contributed by atoms with Crippen molar-refractivity contribution in [3.63, 3.8) is 0 Å². The van der Waals surface area contributed by atoms with Crippen molar-refractivity contribution < 1.29 is 27.5 Å². The molecule has 0 saturated carbocycles. The number of nitrogens with one attached hydrogen (secondary N) is 1. The van der Waals surface area contributed by atoms with E-state index in [4.69, 9.17) is 9.94 Å². The minimum Gasteiger partial charge on any atom is -0.497 e. The Balaban J connectivity index is 2.50. The Morgan fingerprint density at radius 1 is 1.31 bits per heavy atom. The fourth-order valence-corrected chi connectivity index (χ4v) is 4.37. The molecule has 1 heterocycles. The Bertz CT molecular complexity index is 936. The minimum absolute atomic E-state index is 0.0546. The van der Waals surface area contributed by atoms with Crippen LogP contribution in [0.4, 0.5) is 4.39 Å². The van der Waals surface area contributed by atoms with Crippen LogP contribution in [-0.4, -0.2) is 42.0 Å². The van der Waals surface area contributed by atoms with Crippen molar-refractivity contribution in [3.05, 3.63) is 66.8 Å². The molecule has 0 bridgehead atoms. The molecule has 0 aliphatic rings. The Morgan fingerprint density at radius 3 is 2.52 bits per heavy atom. The molecular formula is C19H22FN3O5S. The fraction of sp³-hybridized carbons (Fsp3) is 0.263. The van der Waals surface area contributed by atoms with Crippen LogP contribution in [-0.2, 0) is 21.4 Å². The maximum Gasteiger partial charge on any atom is 0.244 e. The number of carbonyl (C=O) groups is 1. The Labute approximate surface area is 168 Å². The summed E-state index contributed by atoms with van der Waals surface area (Å²) in [7, 11) is -2.69. The van der Waals surface area contributed by atoms with Crippen LogP contribution in [0.25, 0.3) is 0 Å². The molecule has 0 fully saturated rings. The van der Waals surface area contributed by atoms with Gasteiger partial charge < -0.3 is 4.74 Å². The van der Waals surface area contributed by atoms with Gasteiger partial charge >= 0.3 is 0 Å². The molecule has 1 aromatic carbocycles. The third kappa shape index (κ3) is 6.08. The number of sulfonamides is 1. The summed E-state index contributed by atoms with van der Waals surface area (Å²) in [4.78, 5) is 15.7. The van der Waals surface area contributed by atoms with Gasteiger partial charge in [-0.2, -0.15) is 4.31 Å². The number of hydrogen-bond acceptors (Lipinski definition) is 6. The van der Waals surface area contributed by atoms with Crippen LogP contribution >= 0.6 is 0 Å². The zero-order valence-corrected chi connectivity index (χ0v) is 16.6. The van der Waals surface area contributed by atoms with Gasteiger partial charge in [0.25, 0.3) is 0 Å². The van der Waals surface area contributed by atoms with Crippen LogP contribution in [0.1, 0.15) is 18.4 Å². The minimum atomic E-state index is -4.14. The molecule has 0 radical (unpaired) electrons. The third-order valence-electron chi connectivity index (χ3n) is 4.14. The van der Waals surface area contributed by atoms with Gasteiger partial charge in [-0.15, -0.1) is 0 Å². The number of nitrogens with zero attached hydrogens (tertiary/aromatic N) is 2. The molecule has 0 aliphatic carbocycles. The van der Waals surface area contributed by atoms with Gasteiger partial charge in [0.1, 0.15) is 5.75 Å². The largest absolute Gasteiger partial charge is 0.497 e. The summed E-state index contributed by atoms with van der Waals surface area (Å²) in [6.45, 7) is 3.03. The first kappa shape index (κ1) is 22.5. The van der Waals surface area contributed by atoms with Gasteiger partial charge in [0.15, 0.2) is 0 Å². The number of carbonyl (C=O) groups excluding carboxylic acids is 1. The molecule has 10 heteroatoms. The molecule has 2 N–H and O–H groups in total. The number of pyridine rings is 1. The second kappa shape index (κ2) is 10.1. The first-order chi connectivity index (χ1) is 13.8. The summed E-state index contributed by atoms with van der Waals surface area (Å²) in [5, 5.41) is 8.86. The molecule has 2 rings (SSSR count). The Morgan fingerprint density at radius 2 is 2.00 bits per heavy atom. The van der Waals surface area contributed by atoms with Gasteiger partial charge in [-0.05, 0) is 35.9 Å². The number of amides is 1. The normalized spacial score (nSPS) is 12.4. The van der Waals surface area contributed by atoms with Crippen LogP contribution in [0, 0.1) is 0 Å². The smallest absolute Gasteiger partial charge is 0.244 e. The highest BCUT2D eigenvalue weighted by Gasteiger charge is 2.33. The van der Waals surface area contributed by atoms with Gasteiger partial charge in [0.2, 0.25) is 15.9 Å². The lowest BCUT2D eigenvalue weighted by atomic mass is 10.1. The molecule has 8 nitrogen and oxygen atoms in total. The van der Waals surface area contributed by atoms with E-state index in [1.165, 1.54) is 49.2 Å². The molecule has 156 valence electrons. The first-order valence-electron chi connectivity index (χ1n) is 8.59. The monoisotopic (exact) mass is 423 g/mol. The van der Waals surface area contributed by atoms with Crippen molar-refractivity contribution in [3.8, 4) is 5.75 Å². The molecule has 2 aromatic rings. The van der Waals surface area contributed by atoms with Crippen molar-refractivity contribution in [2.24, 2.45) is 0 Å². The molecule has 1 atom stereocenters. The van der Waals surface area contributed by atoms with E-state index in [9.17, 15) is 17.6 Å². The van der Waals surface area contributed by atoms with Crippen molar-refractivity contribution in [1.82, 2.24) is 14.8 Å². The van der Waals surface area contributed by atoms with Crippen LogP contribution < -0.4 is 10.2 Å². The van der Waals surface area contributed by atoms with E-state index in [0.29, 0.717) is 11.3 Å². The average Bonchev–Trinajstić information content (AvgIpc) is 2.71. The fourth-order valence-electron chi connectivity index (χ4n) is 2.76. The standard InChI is InChI=1S/C19H22FN3O5S/c1-14(20)10-16(11-19(24)22-25)23(13-15-4-3-9-21-12-15)29(26,27)18-7-5-17(28-2)6-8-18/h3-9,12,16,25H,1,10-11,13H2,2H3,(H,22,24)/t16-/m1/s1. The third-order valence-corrected chi connectivity index (χ3v) is 6.05. The highest BCUT2D eigenvalue weighted by molar-refractivity contribution is 7.89. The molecule has 0 saturated heterocycles. The second-order valence-electron chi connectivity index (χ2n) is 6.20. The van der Waals surface area contributed by atoms with Gasteiger partial charge in [-0.1, -0.05) is 12.6 Å². The average molecular weight is 423 g/mol. The van der Waals surface area contributed by atoms with Crippen LogP contribution in [0.3, 0.4) is 0 Å². The highest BCUT2D eigenvalue weighted by atomic mass is 32.2. The van der Waals surface area contributed by atoms with Crippen LogP contribution in [0.2, 0.25) is 0 Å². The number of methoxy groups -OCH3 is 1. The lowest BCUT2D eigenvalue weighted by molar-refractivity contribution is -0.130. The predicted molar refractivity (Wildman–Crippen MR) is 103 cm³/mol. The van der Waals surface area contributed by atoms with Gasteiger partial charge in [0.05, 0.1) is 17.8 Å². The van der Waals surface area contributed by atoms with E-state index in [1.54, 1.807) is 12.1 Å². The van der Waals surface area contributed by atoms with E-state index < -0.39 is 40.6 Å². The van der Waals surface area contributed by atoms with E-state index >= 15 is 0 Å². The van der Waals surface area contributed by atoms with Crippen LogP contribution in [0.5, 0.6) is 5.75 Å². The summed E-state index contributed by atoms with van der Waals surface area (Å²) >= 11 is 0. The molecule has 29 heavy (non-hydrogen) atoms. The highest BCUT2D eigenvalue weighted by Crippen LogP contribution is 2.27. The quantitative estimate of drug-likeness (QED) is 0.449. The van der Waals surface area contributed by atoms with Crippen LogP contribution in [0.15, 0.2) is 66.1 Å². The number of ether oxygens (including phenoxy) is 1. The number of benzene rings is 1. The molecule has 1 amide bonds. The summed E-state index contributed by atoms with van der Waals surface area (Å²) < 4.78 is 46.4. The SMILES string of the molecule is C=C(F)C[C@H](CC(=O)NO)N(Cc1cccnc1)S(=O)(=O)c1ccc(OC)cc1. The van der Waals surface area contributed by atoms with E-state index in [0.717, 1.165) is 4.31 Å². The number of hydroxylamine groups is 1. The summed E-state index contributed by atoms with van der Waals surface area (Å²) in [6.07, 6.45) is 2.13. The van der Waals surface area contributed by atoms with E-state index in [2.05, 4.69) is 11.6 Å². The Hall–Kier alpha value is -2.82. The van der Waals surface area contributed by atoms with Crippen molar-refractivity contribution >= 4 is 15.9 Å². The number of aromatic nitrogens is 1. The van der Waals surface area contributed by atoms with E-state index in [1.807, 2.05) is 0 Å². The Kier molecular flexibility index (Phi) is 7.82. The number of halogens is 1. The zero-order chi connectivity index (χ0) is 21.4. The summed E-state index contributed by atoms with van der Waals surface area (Å²) in [6, 6.07) is 7.87. The summed E-state index contributed by atoms with van der Waals surface area (Å²) in [5.41, 5.74) is 2.00. The lowest BCUT2D eigenvalue weighted by Gasteiger charge is -2.30. The number of hydrogen-bond donors (Lipinski definition) is 2. The van der Waals surface area contributed by atoms with Gasteiger partial charge in [-0.3, -0.25) is 15.0 Å². The topological polar surface area (TPSA) is 109 Å². The van der Waals surface area contributed by atoms with Gasteiger partial charge in [0, 0.05) is 37.8 Å². The zero-order valence-electron chi connectivity index (χ0n) is 15.8. The summed E-state index contributed by atoms with van der Waals surface area (Å²) in [5.74, 6) is -1.17. The maximum absolute atomic E-state index is 13.7. The van der Waals surface area contributed by atoms with Crippen molar-refractivity contribution in [1.29, 1.82) is 0 Å².